The van der Waals surface area contributed by atoms with Gasteiger partial charge in [0.2, 0.25) is 5.91 Å². The van der Waals surface area contributed by atoms with E-state index in [-0.39, 0.29) is 18.0 Å². The van der Waals surface area contributed by atoms with Crippen LogP contribution in [0.4, 0.5) is 8.78 Å². The number of hydrogen-bond acceptors (Lipinski definition) is 4. The van der Waals surface area contributed by atoms with Crippen LogP contribution in [0, 0.1) is 11.6 Å². The molecule has 176 valence electrons. The molecule has 0 fully saturated rings. The Morgan fingerprint density at radius 2 is 1.74 bits per heavy atom. The maximum Gasteiger partial charge on any atom is 0.337 e. The van der Waals surface area contributed by atoms with Crippen LogP contribution in [0.15, 0.2) is 66.7 Å². The summed E-state index contributed by atoms with van der Waals surface area (Å²) in [5.74, 6) is -2.58. The van der Waals surface area contributed by atoms with Crippen LogP contribution in [0.3, 0.4) is 0 Å². The fourth-order valence-electron chi connectivity index (χ4n) is 4.31. The first-order valence-electron chi connectivity index (χ1n) is 11.1. The Hall–Kier alpha value is -3.58. The monoisotopic (exact) mass is 464 g/mol. The average molecular weight is 465 g/mol. The van der Waals surface area contributed by atoms with Gasteiger partial charge in [0.1, 0.15) is 0 Å². The summed E-state index contributed by atoms with van der Waals surface area (Å²) >= 11 is 0. The van der Waals surface area contributed by atoms with Crippen LogP contribution in [-0.4, -0.2) is 29.9 Å². The quantitative estimate of drug-likeness (QED) is 0.544. The molecule has 1 heterocycles. The van der Waals surface area contributed by atoms with Gasteiger partial charge >= 0.3 is 5.97 Å². The second-order valence-electron chi connectivity index (χ2n) is 8.38. The molecule has 0 aromatic heterocycles. The molecule has 0 aliphatic carbocycles. The average Bonchev–Trinajstić information content (AvgIpc) is 2.87. The standard InChI is InChI=1S/C27H26F2N2O3/c1-17(22-8-5-9-23(28)25(22)29)31(16-18-10-12-19(13-11-18)27(33)34-2)26(32)24-14-20-6-3-4-7-21(20)15-30-24/h3-13,17,24,30H,14-16H2,1-2H3/t17-,24?/m1/s1. The highest BCUT2D eigenvalue weighted by Gasteiger charge is 2.32. The highest BCUT2D eigenvalue weighted by atomic mass is 19.2. The Balaban J connectivity index is 1.64. The third-order valence-electron chi connectivity index (χ3n) is 6.29. The molecule has 0 radical (unpaired) electrons. The van der Waals surface area contributed by atoms with Gasteiger partial charge < -0.3 is 15.0 Å². The van der Waals surface area contributed by atoms with Gasteiger partial charge in [-0.25, -0.2) is 13.6 Å². The van der Waals surface area contributed by atoms with E-state index >= 15 is 0 Å². The van der Waals surface area contributed by atoms with Crippen molar-refractivity contribution in [3.63, 3.8) is 0 Å². The number of methoxy groups -OCH3 is 1. The van der Waals surface area contributed by atoms with E-state index in [1.165, 1.54) is 19.2 Å². The molecule has 3 aromatic carbocycles. The van der Waals surface area contributed by atoms with Crippen molar-refractivity contribution in [2.24, 2.45) is 0 Å². The predicted octanol–water partition coefficient (Wildman–Crippen LogP) is 4.56. The zero-order valence-corrected chi connectivity index (χ0v) is 19.1. The number of amides is 1. The minimum Gasteiger partial charge on any atom is -0.465 e. The summed E-state index contributed by atoms with van der Waals surface area (Å²) < 4.78 is 33.4. The van der Waals surface area contributed by atoms with Gasteiger partial charge in [-0.05, 0) is 48.2 Å². The minimum absolute atomic E-state index is 0.107. The van der Waals surface area contributed by atoms with E-state index in [2.05, 4.69) is 5.32 Å². The van der Waals surface area contributed by atoms with Crippen LogP contribution in [0.2, 0.25) is 0 Å². The maximum atomic E-state index is 14.7. The number of fused-ring (bicyclic) bond motifs is 1. The summed E-state index contributed by atoms with van der Waals surface area (Å²) in [6, 6.07) is 17.4. The normalized spacial score (nSPS) is 15.8. The third kappa shape index (κ3) is 4.84. The molecule has 0 bridgehead atoms. The predicted molar refractivity (Wildman–Crippen MR) is 124 cm³/mol. The summed E-state index contributed by atoms with van der Waals surface area (Å²) in [6.45, 7) is 2.41. The zero-order chi connectivity index (χ0) is 24.2. The number of rotatable bonds is 6. The lowest BCUT2D eigenvalue weighted by Gasteiger charge is -2.35. The molecule has 3 aromatic rings. The Morgan fingerprint density at radius 3 is 2.44 bits per heavy atom. The Labute approximate surface area is 197 Å². The topological polar surface area (TPSA) is 58.6 Å². The van der Waals surface area contributed by atoms with Crippen molar-refractivity contribution in [1.82, 2.24) is 10.2 Å². The molecule has 2 atom stereocenters. The van der Waals surface area contributed by atoms with Gasteiger partial charge in [-0.2, -0.15) is 0 Å². The molecular formula is C27H26F2N2O3. The van der Waals surface area contributed by atoms with Gasteiger partial charge in [0, 0.05) is 18.7 Å². The van der Waals surface area contributed by atoms with Gasteiger partial charge in [-0.3, -0.25) is 4.79 Å². The molecule has 5 nitrogen and oxygen atoms in total. The summed E-state index contributed by atoms with van der Waals surface area (Å²) in [5.41, 5.74) is 3.47. The van der Waals surface area contributed by atoms with Gasteiger partial charge in [0.05, 0.1) is 24.8 Å². The maximum absolute atomic E-state index is 14.7. The molecule has 0 saturated heterocycles. The smallest absolute Gasteiger partial charge is 0.337 e. The van der Waals surface area contributed by atoms with Gasteiger partial charge in [-0.15, -0.1) is 0 Å². The molecule has 4 rings (SSSR count). The molecule has 1 aliphatic rings. The number of halogens is 2. The number of benzene rings is 3. The van der Waals surface area contributed by atoms with Crippen LogP contribution in [-0.2, 0) is 29.0 Å². The third-order valence-corrected chi connectivity index (χ3v) is 6.29. The van der Waals surface area contributed by atoms with Gasteiger partial charge in [-0.1, -0.05) is 48.5 Å². The highest BCUT2D eigenvalue weighted by molar-refractivity contribution is 5.89. The molecule has 1 N–H and O–H groups in total. The molecule has 0 saturated carbocycles. The van der Waals surface area contributed by atoms with Crippen molar-refractivity contribution >= 4 is 11.9 Å². The molecule has 1 aliphatic heterocycles. The van der Waals surface area contributed by atoms with E-state index in [0.717, 1.165) is 22.8 Å². The van der Waals surface area contributed by atoms with Crippen LogP contribution >= 0.6 is 0 Å². The fraction of sp³-hybridized carbons (Fsp3) is 0.259. The van der Waals surface area contributed by atoms with E-state index in [1.807, 2.05) is 24.3 Å². The highest BCUT2D eigenvalue weighted by Crippen LogP contribution is 2.28. The lowest BCUT2D eigenvalue weighted by atomic mass is 9.94. The van der Waals surface area contributed by atoms with Crippen LogP contribution in [0.1, 0.15) is 45.6 Å². The van der Waals surface area contributed by atoms with Gasteiger partial charge in [0.15, 0.2) is 11.6 Å². The van der Waals surface area contributed by atoms with Crippen molar-refractivity contribution in [2.75, 3.05) is 7.11 Å². The first-order valence-corrected chi connectivity index (χ1v) is 11.1. The molecule has 0 spiro atoms. The summed E-state index contributed by atoms with van der Waals surface area (Å²) in [5, 5.41) is 3.29. The van der Waals surface area contributed by atoms with E-state index in [0.29, 0.717) is 18.5 Å². The number of esters is 1. The second-order valence-corrected chi connectivity index (χ2v) is 8.38. The van der Waals surface area contributed by atoms with Crippen molar-refractivity contribution in [2.45, 2.75) is 38.5 Å². The van der Waals surface area contributed by atoms with E-state index in [9.17, 15) is 18.4 Å². The van der Waals surface area contributed by atoms with Crippen LogP contribution < -0.4 is 5.32 Å². The largest absolute Gasteiger partial charge is 0.465 e. The fourth-order valence-corrected chi connectivity index (χ4v) is 4.31. The van der Waals surface area contributed by atoms with Crippen molar-refractivity contribution in [3.05, 3.63) is 106 Å². The summed E-state index contributed by atoms with van der Waals surface area (Å²) in [6.07, 6.45) is 0.505. The van der Waals surface area contributed by atoms with Gasteiger partial charge in [0.25, 0.3) is 0 Å². The second kappa shape index (κ2) is 10.1. The molecule has 34 heavy (non-hydrogen) atoms. The summed E-state index contributed by atoms with van der Waals surface area (Å²) in [4.78, 5) is 27.0. The number of hydrogen-bond donors (Lipinski definition) is 1. The van der Waals surface area contributed by atoms with E-state index in [1.54, 1.807) is 36.1 Å². The number of carbonyl (C=O) groups excluding carboxylic acids is 2. The molecule has 1 unspecified atom stereocenters. The first-order chi connectivity index (χ1) is 16.4. The van der Waals surface area contributed by atoms with Crippen LogP contribution in [0.25, 0.3) is 0 Å². The lowest BCUT2D eigenvalue weighted by molar-refractivity contribution is -0.136. The Morgan fingerprint density at radius 1 is 1.03 bits per heavy atom. The number of nitrogens with one attached hydrogen (secondary N) is 1. The molecule has 1 amide bonds. The lowest BCUT2D eigenvalue weighted by Crippen LogP contribution is -2.50. The van der Waals surface area contributed by atoms with Crippen LogP contribution in [0.5, 0.6) is 0 Å². The summed E-state index contributed by atoms with van der Waals surface area (Å²) in [7, 11) is 1.31. The number of ether oxygens (including phenoxy) is 1. The minimum atomic E-state index is -0.962. The van der Waals surface area contributed by atoms with Crippen molar-refractivity contribution < 1.29 is 23.1 Å². The number of nitrogens with zero attached hydrogens (tertiary/aromatic N) is 1. The Bertz CT molecular complexity index is 1200. The molecule has 7 heteroatoms. The van der Waals surface area contributed by atoms with Crippen molar-refractivity contribution in [3.8, 4) is 0 Å². The Kier molecular flexibility index (Phi) is 7.03. The molecular weight excluding hydrogens is 438 g/mol. The van der Waals surface area contributed by atoms with E-state index < -0.39 is 29.7 Å². The first kappa shape index (κ1) is 23.6. The number of carbonyl (C=O) groups is 2. The SMILES string of the molecule is COC(=O)c1ccc(CN(C(=O)C2Cc3ccccc3CN2)[C@H](C)c2cccc(F)c2F)cc1. The zero-order valence-electron chi connectivity index (χ0n) is 19.1. The van der Waals surface area contributed by atoms with Crippen molar-refractivity contribution in [1.29, 1.82) is 0 Å². The van der Waals surface area contributed by atoms with E-state index in [4.69, 9.17) is 4.74 Å².